The Balaban J connectivity index is 2.06. The van der Waals surface area contributed by atoms with E-state index in [-0.39, 0.29) is 12.6 Å². The number of quaternary nitrogens is 1. The molecule has 0 heterocycles. The molecule has 0 aliphatic heterocycles. The summed E-state index contributed by atoms with van der Waals surface area (Å²) in [6, 6.07) is 13.9. The number of ether oxygens (including phenoxy) is 2. The van der Waals surface area contributed by atoms with E-state index in [1.165, 1.54) is 0 Å². The Morgan fingerprint density at radius 2 is 1.88 bits per heavy atom. The molecule has 136 valence electrons. The van der Waals surface area contributed by atoms with Gasteiger partial charge in [0.15, 0.2) is 11.5 Å². The zero-order valence-corrected chi connectivity index (χ0v) is 15.6. The predicted octanol–water partition coefficient (Wildman–Crippen LogP) is 3.15. The molecule has 0 unspecified atom stereocenters. The molecule has 2 rings (SSSR count). The molecule has 0 radical (unpaired) electrons. The lowest BCUT2D eigenvalue weighted by Gasteiger charge is -2.15. The van der Waals surface area contributed by atoms with E-state index in [1.807, 2.05) is 49.4 Å². The number of hydrogen-bond donors (Lipinski definition) is 2. The molecule has 2 aromatic carbocycles. The highest BCUT2D eigenvalue weighted by molar-refractivity contribution is 6.31. The summed E-state index contributed by atoms with van der Waals surface area (Å²) < 4.78 is 11.7. The molecule has 0 aromatic heterocycles. The highest BCUT2D eigenvalue weighted by Crippen LogP contribution is 2.29. The van der Waals surface area contributed by atoms with E-state index in [9.17, 15) is 5.11 Å². The van der Waals surface area contributed by atoms with Crippen LogP contribution in [0.4, 0.5) is 0 Å². The van der Waals surface area contributed by atoms with E-state index in [4.69, 9.17) is 21.1 Å². The first-order valence-corrected chi connectivity index (χ1v) is 9.11. The maximum Gasteiger partial charge on any atom is 0.161 e. The Bertz CT molecular complexity index is 659. The summed E-state index contributed by atoms with van der Waals surface area (Å²) in [6.07, 6.45) is 0.938. The topological polar surface area (TPSA) is 55.3 Å². The number of halogens is 1. The van der Waals surface area contributed by atoms with Crippen molar-refractivity contribution in [3.05, 3.63) is 58.6 Å². The Hall–Kier alpha value is -1.75. The van der Waals surface area contributed by atoms with Gasteiger partial charge in [0.25, 0.3) is 0 Å². The molecule has 0 bridgehead atoms. The minimum Gasteiger partial charge on any atom is -0.490 e. The van der Waals surface area contributed by atoms with Crippen LogP contribution in [0.1, 0.15) is 31.4 Å². The number of rotatable bonds is 10. The van der Waals surface area contributed by atoms with Gasteiger partial charge in [-0.25, -0.2) is 0 Å². The summed E-state index contributed by atoms with van der Waals surface area (Å²) in [6.45, 7) is 5.99. The van der Waals surface area contributed by atoms with Crippen LogP contribution in [0.5, 0.6) is 11.5 Å². The number of aliphatic hydroxyl groups is 1. The second kappa shape index (κ2) is 10.3. The molecule has 0 saturated heterocycles. The lowest BCUT2D eigenvalue weighted by Crippen LogP contribution is -2.89. The van der Waals surface area contributed by atoms with Crippen LogP contribution in [-0.2, 0) is 13.2 Å². The van der Waals surface area contributed by atoms with Gasteiger partial charge in [-0.1, -0.05) is 36.7 Å². The third-order valence-corrected chi connectivity index (χ3v) is 4.46. The molecule has 3 N–H and O–H groups in total. The quantitative estimate of drug-likeness (QED) is 0.681. The van der Waals surface area contributed by atoms with Gasteiger partial charge in [-0.3, -0.25) is 0 Å². The smallest absolute Gasteiger partial charge is 0.161 e. The monoisotopic (exact) mass is 364 g/mol. The average molecular weight is 365 g/mol. The van der Waals surface area contributed by atoms with Crippen LogP contribution in [0.25, 0.3) is 0 Å². The van der Waals surface area contributed by atoms with E-state index in [1.54, 1.807) is 0 Å². The minimum atomic E-state index is 0.188. The highest BCUT2D eigenvalue weighted by Gasteiger charge is 2.11. The lowest BCUT2D eigenvalue weighted by atomic mass is 10.1. The van der Waals surface area contributed by atoms with Gasteiger partial charge in [-0.05, 0) is 37.6 Å². The SMILES string of the molecule is CCOc1cc(C[NH2+][C@@H](CC)CO)ccc1OCc1ccccc1Cl. The molecule has 0 aliphatic rings. The van der Waals surface area contributed by atoms with Crippen molar-refractivity contribution in [2.45, 2.75) is 39.5 Å². The third-order valence-electron chi connectivity index (χ3n) is 4.09. The van der Waals surface area contributed by atoms with Gasteiger partial charge < -0.3 is 19.9 Å². The number of benzene rings is 2. The van der Waals surface area contributed by atoms with Gasteiger partial charge >= 0.3 is 0 Å². The van der Waals surface area contributed by atoms with E-state index in [0.29, 0.717) is 24.0 Å². The zero-order valence-electron chi connectivity index (χ0n) is 14.9. The van der Waals surface area contributed by atoms with Crippen molar-refractivity contribution in [3.63, 3.8) is 0 Å². The van der Waals surface area contributed by atoms with Gasteiger partial charge in [0.2, 0.25) is 0 Å². The molecule has 1 atom stereocenters. The molecule has 0 amide bonds. The van der Waals surface area contributed by atoms with Crippen molar-refractivity contribution < 1.29 is 19.9 Å². The summed E-state index contributed by atoms with van der Waals surface area (Å²) in [5.74, 6) is 1.44. The molecule has 5 heteroatoms. The predicted molar refractivity (Wildman–Crippen MR) is 100 cm³/mol. The summed E-state index contributed by atoms with van der Waals surface area (Å²) in [4.78, 5) is 0. The molecule has 2 aromatic rings. The van der Waals surface area contributed by atoms with Crippen LogP contribution in [0, 0.1) is 0 Å². The van der Waals surface area contributed by atoms with E-state index >= 15 is 0 Å². The van der Waals surface area contributed by atoms with Crippen molar-refractivity contribution in [3.8, 4) is 11.5 Å². The summed E-state index contributed by atoms with van der Waals surface area (Å²) in [5, 5.41) is 12.1. The average Bonchev–Trinajstić information content (AvgIpc) is 2.63. The standard InChI is InChI=1S/C20H26ClNO3/c1-3-17(13-23)22-12-15-9-10-19(20(11-15)24-4-2)25-14-16-7-5-6-8-18(16)21/h5-11,17,22-23H,3-4,12-14H2,1-2H3/p+1/t17-/m0/s1. The fourth-order valence-electron chi connectivity index (χ4n) is 2.51. The second-order valence-electron chi connectivity index (χ2n) is 5.88. The highest BCUT2D eigenvalue weighted by atomic mass is 35.5. The minimum absolute atomic E-state index is 0.188. The van der Waals surface area contributed by atoms with E-state index < -0.39 is 0 Å². The van der Waals surface area contributed by atoms with E-state index in [2.05, 4.69) is 12.2 Å². The van der Waals surface area contributed by atoms with Gasteiger partial charge in [0.05, 0.1) is 13.2 Å². The van der Waals surface area contributed by atoms with Gasteiger partial charge in [-0.15, -0.1) is 0 Å². The molecule has 0 saturated carbocycles. The number of aliphatic hydroxyl groups excluding tert-OH is 1. The molecule has 25 heavy (non-hydrogen) atoms. The maximum atomic E-state index is 9.30. The summed E-state index contributed by atoms with van der Waals surface area (Å²) in [7, 11) is 0. The Morgan fingerprint density at radius 3 is 2.56 bits per heavy atom. The van der Waals surface area contributed by atoms with Gasteiger partial charge in [-0.2, -0.15) is 0 Å². The molecular weight excluding hydrogens is 338 g/mol. The van der Waals surface area contributed by atoms with Gasteiger partial charge in [0, 0.05) is 16.1 Å². The van der Waals surface area contributed by atoms with Crippen molar-refractivity contribution in [1.29, 1.82) is 0 Å². The molecule has 0 aliphatic carbocycles. The molecule has 0 fully saturated rings. The van der Waals surface area contributed by atoms with Crippen LogP contribution in [0.15, 0.2) is 42.5 Å². The first-order chi connectivity index (χ1) is 12.2. The largest absolute Gasteiger partial charge is 0.490 e. The number of hydrogen-bond acceptors (Lipinski definition) is 3. The number of nitrogens with two attached hydrogens (primary N) is 1. The first-order valence-electron chi connectivity index (χ1n) is 8.74. The molecular formula is C20H27ClNO3+. The Labute approximate surface area is 154 Å². The van der Waals surface area contributed by atoms with Gasteiger partial charge in [0.1, 0.15) is 19.2 Å². The maximum absolute atomic E-state index is 9.30. The summed E-state index contributed by atoms with van der Waals surface area (Å²) >= 11 is 6.18. The fraction of sp³-hybridized carbons (Fsp3) is 0.400. The third kappa shape index (κ3) is 5.92. The van der Waals surface area contributed by atoms with Crippen LogP contribution in [-0.4, -0.2) is 24.4 Å². The normalized spacial score (nSPS) is 12.0. The fourth-order valence-corrected chi connectivity index (χ4v) is 2.70. The summed E-state index contributed by atoms with van der Waals surface area (Å²) in [5.41, 5.74) is 2.08. The molecule has 4 nitrogen and oxygen atoms in total. The lowest BCUT2D eigenvalue weighted by molar-refractivity contribution is -0.706. The van der Waals surface area contributed by atoms with Crippen LogP contribution in [0.3, 0.4) is 0 Å². The van der Waals surface area contributed by atoms with Crippen molar-refractivity contribution in [2.75, 3.05) is 13.2 Å². The molecule has 0 spiro atoms. The second-order valence-corrected chi connectivity index (χ2v) is 6.29. The van der Waals surface area contributed by atoms with Crippen LogP contribution < -0.4 is 14.8 Å². The van der Waals surface area contributed by atoms with Crippen molar-refractivity contribution >= 4 is 11.6 Å². The van der Waals surface area contributed by atoms with E-state index in [0.717, 1.165) is 29.8 Å². The zero-order chi connectivity index (χ0) is 18.1. The van der Waals surface area contributed by atoms with Crippen LogP contribution in [0.2, 0.25) is 5.02 Å². The van der Waals surface area contributed by atoms with Crippen LogP contribution >= 0.6 is 11.6 Å². The first kappa shape index (κ1) is 19.6. The van der Waals surface area contributed by atoms with Crippen molar-refractivity contribution in [1.82, 2.24) is 0 Å². The Morgan fingerprint density at radius 1 is 1.08 bits per heavy atom. The van der Waals surface area contributed by atoms with Crippen molar-refractivity contribution in [2.24, 2.45) is 0 Å². The Kier molecular flexibility index (Phi) is 8.06.